The predicted octanol–water partition coefficient (Wildman–Crippen LogP) is 0.684. The molecule has 1 aromatic carbocycles. The SMILES string of the molecule is COC(CNC(=O)C1CCCN(C(=O)Cc2ccccc2)C1)C(=O)O. The number of methoxy groups -OCH3 is 1. The number of carboxylic acids is 1. The summed E-state index contributed by atoms with van der Waals surface area (Å²) in [5, 5.41) is 11.5. The quantitative estimate of drug-likeness (QED) is 0.756. The third kappa shape index (κ3) is 5.56. The third-order valence-electron chi connectivity index (χ3n) is 4.36. The molecular weight excluding hydrogens is 324 g/mol. The van der Waals surface area contributed by atoms with E-state index < -0.39 is 12.1 Å². The monoisotopic (exact) mass is 348 g/mol. The van der Waals surface area contributed by atoms with Crippen molar-refractivity contribution in [3.05, 3.63) is 35.9 Å². The summed E-state index contributed by atoms with van der Waals surface area (Å²) >= 11 is 0. The largest absolute Gasteiger partial charge is 0.479 e. The maximum absolute atomic E-state index is 12.4. The van der Waals surface area contributed by atoms with Gasteiger partial charge in [-0.15, -0.1) is 0 Å². The van der Waals surface area contributed by atoms with Gasteiger partial charge in [0.05, 0.1) is 18.9 Å². The lowest BCUT2D eigenvalue weighted by atomic mass is 9.96. The number of likely N-dealkylation sites (tertiary alicyclic amines) is 1. The summed E-state index contributed by atoms with van der Waals surface area (Å²) in [4.78, 5) is 37.3. The van der Waals surface area contributed by atoms with E-state index in [1.54, 1.807) is 4.90 Å². The lowest BCUT2D eigenvalue weighted by molar-refractivity contribution is -0.148. The van der Waals surface area contributed by atoms with Crippen molar-refractivity contribution >= 4 is 17.8 Å². The molecule has 2 N–H and O–H groups in total. The minimum absolute atomic E-state index is 0.00371. The number of hydrogen-bond donors (Lipinski definition) is 2. The Balaban J connectivity index is 1.86. The van der Waals surface area contributed by atoms with Crippen LogP contribution in [-0.4, -0.2) is 60.6 Å². The second-order valence-corrected chi connectivity index (χ2v) is 6.15. The normalized spacial score (nSPS) is 18.4. The summed E-state index contributed by atoms with van der Waals surface area (Å²) in [5.41, 5.74) is 0.948. The number of ether oxygens (including phenoxy) is 1. The minimum Gasteiger partial charge on any atom is -0.479 e. The molecule has 0 aliphatic carbocycles. The van der Waals surface area contributed by atoms with E-state index in [0.717, 1.165) is 12.0 Å². The Morgan fingerprint density at radius 2 is 2.04 bits per heavy atom. The first-order valence-electron chi connectivity index (χ1n) is 8.36. The molecule has 7 heteroatoms. The van der Waals surface area contributed by atoms with Gasteiger partial charge in [0.2, 0.25) is 11.8 Å². The first-order chi connectivity index (χ1) is 12.0. The molecule has 0 spiro atoms. The summed E-state index contributed by atoms with van der Waals surface area (Å²) in [7, 11) is 1.29. The maximum atomic E-state index is 12.4. The highest BCUT2D eigenvalue weighted by Gasteiger charge is 2.29. The van der Waals surface area contributed by atoms with Crippen LogP contribution < -0.4 is 5.32 Å². The number of benzene rings is 1. The molecule has 2 atom stereocenters. The highest BCUT2D eigenvalue weighted by molar-refractivity contribution is 5.83. The smallest absolute Gasteiger partial charge is 0.334 e. The van der Waals surface area contributed by atoms with Gasteiger partial charge in [-0.3, -0.25) is 9.59 Å². The zero-order valence-electron chi connectivity index (χ0n) is 14.3. The van der Waals surface area contributed by atoms with E-state index >= 15 is 0 Å². The zero-order chi connectivity index (χ0) is 18.2. The Kier molecular flexibility index (Phi) is 6.94. The van der Waals surface area contributed by atoms with E-state index in [0.29, 0.717) is 25.9 Å². The van der Waals surface area contributed by atoms with Crippen LogP contribution in [0.5, 0.6) is 0 Å². The fourth-order valence-corrected chi connectivity index (χ4v) is 2.91. The van der Waals surface area contributed by atoms with Gasteiger partial charge in [0.25, 0.3) is 0 Å². The molecule has 1 aromatic rings. The van der Waals surface area contributed by atoms with Crippen LogP contribution in [0, 0.1) is 5.92 Å². The molecule has 136 valence electrons. The van der Waals surface area contributed by atoms with Crippen LogP contribution in [0.25, 0.3) is 0 Å². The highest BCUT2D eigenvalue weighted by Crippen LogP contribution is 2.18. The van der Waals surface area contributed by atoms with Crippen molar-refractivity contribution in [1.29, 1.82) is 0 Å². The number of carboxylic acid groups (broad SMARTS) is 1. The van der Waals surface area contributed by atoms with Gasteiger partial charge in [-0.2, -0.15) is 0 Å². The molecule has 0 aromatic heterocycles. The van der Waals surface area contributed by atoms with Gasteiger partial charge in [-0.05, 0) is 18.4 Å². The molecule has 0 saturated carbocycles. The average Bonchev–Trinajstić information content (AvgIpc) is 2.62. The lowest BCUT2D eigenvalue weighted by Gasteiger charge is -2.32. The van der Waals surface area contributed by atoms with Gasteiger partial charge >= 0.3 is 5.97 Å². The van der Waals surface area contributed by atoms with Crippen LogP contribution in [0.4, 0.5) is 0 Å². The molecule has 0 radical (unpaired) electrons. The number of carbonyl (C=O) groups is 3. The molecule has 1 aliphatic heterocycles. The minimum atomic E-state index is -1.12. The highest BCUT2D eigenvalue weighted by atomic mass is 16.5. The summed E-state index contributed by atoms with van der Waals surface area (Å²) in [6, 6.07) is 9.50. The molecule has 1 aliphatic rings. The van der Waals surface area contributed by atoms with Crippen molar-refractivity contribution in [2.75, 3.05) is 26.7 Å². The van der Waals surface area contributed by atoms with E-state index in [4.69, 9.17) is 9.84 Å². The van der Waals surface area contributed by atoms with Crippen LogP contribution in [0.2, 0.25) is 0 Å². The Morgan fingerprint density at radius 1 is 1.32 bits per heavy atom. The Hall–Kier alpha value is -2.41. The number of aliphatic carboxylic acids is 1. The Labute approximate surface area is 147 Å². The van der Waals surface area contributed by atoms with E-state index in [9.17, 15) is 14.4 Å². The van der Waals surface area contributed by atoms with Gasteiger partial charge in [0.15, 0.2) is 6.10 Å². The number of hydrogen-bond acceptors (Lipinski definition) is 4. The zero-order valence-corrected chi connectivity index (χ0v) is 14.3. The first kappa shape index (κ1) is 18.9. The number of rotatable bonds is 7. The number of nitrogens with zero attached hydrogens (tertiary/aromatic N) is 1. The fraction of sp³-hybridized carbons (Fsp3) is 0.500. The summed E-state index contributed by atoms with van der Waals surface area (Å²) in [6.07, 6.45) is 0.694. The van der Waals surface area contributed by atoms with Gasteiger partial charge < -0.3 is 20.1 Å². The van der Waals surface area contributed by atoms with Crippen molar-refractivity contribution in [2.45, 2.75) is 25.4 Å². The standard InChI is InChI=1S/C18H24N2O5/c1-25-15(18(23)24)11-19-17(22)14-8-5-9-20(12-14)16(21)10-13-6-3-2-4-7-13/h2-4,6-7,14-15H,5,8-12H2,1H3,(H,19,22)(H,23,24). The predicted molar refractivity (Wildman–Crippen MR) is 90.9 cm³/mol. The first-order valence-corrected chi connectivity index (χ1v) is 8.36. The molecule has 1 heterocycles. The summed E-state index contributed by atoms with van der Waals surface area (Å²) in [5.74, 6) is -1.67. The number of carbonyl (C=O) groups excluding carboxylic acids is 2. The molecule has 0 bridgehead atoms. The second kappa shape index (κ2) is 9.17. The van der Waals surface area contributed by atoms with E-state index in [1.807, 2.05) is 30.3 Å². The summed E-state index contributed by atoms with van der Waals surface area (Å²) in [6.45, 7) is 0.923. The molecule has 1 fully saturated rings. The average molecular weight is 348 g/mol. The number of piperidine rings is 1. The second-order valence-electron chi connectivity index (χ2n) is 6.15. The summed E-state index contributed by atoms with van der Waals surface area (Å²) < 4.78 is 4.80. The van der Waals surface area contributed by atoms with E-state index in [2.05, 4.69) is 5.32 Å². The van der Waals surface area contributed by atoms with Gasteiger partial charge in [-0.25, -0.2) is 4.79 Å². The Bertz CT molecular complexity index is 605. The fourth-order valence-electron chi connectivity index (χ4n) is 2.91. The molecule has 1 saturated heterocycles. The van der Waals surface area contributed by atoms with Crippen LogP contribution >= 0.6 is 0 Å². The van der Waals surface area contributed by atoms with E-state index in [1.165, 1.54) is 7.11 Å². The van der Waals surface area contributed by atoms with Crippen molar-refractivity contribution in [3.63, 3.8) is 0 Å². The van der Waals surface area contributed by atoms with Crippen LogP contribution in [-0.2, 0) is 25.5 Å². The molecule has 7 nitrogen and oxygen atoms in total. The van der Waals surface area contributed by atoms with Crippen molar-refractivity contribution in [1.82, 2.24) is 10.2 Å². The van der Waals surface area contributed by atoms with Gasteiger partial charge in [-0.1, -0.05) is 30.3 Å². The van der Waals surface area contributed by atoms with E-state index in [-0.39, 0.29) is 24.3 Å². The number of nitrogens with one attached hydrogen (secondary N) is 1. The van der Waals surface area contributed by atoms with Gasteiger partial charge in [0, 0.05) is 20.2 Å². The lowest BCUT2D eigenvalue weighted by Crippen LogP contribution is -2.47. The van der Waals surface area contributed by atoms with Crippen LogP contribution in [0.3, 0.4) is 0 Å². The Morgan fingerprint density at radius 3 is 2.68 bits per heavy atom. The molecule has 2 unspecified atom stereocenters. The molecule has 2 amide bonds. The van der Waals surface area contributed by atoms with Crippen LogP contribution in [0.15, 0.2) is 30.3 Å². The number of amides is 2. The topological polar surface area (TPSA) is 95.9 Å². The van der Waals surface area contributed by atoms with Crippen LogP contribution in [0.1, 0.15) is 18.4 Å². The maximum Gasteiger partial charge on any atom is 0.334 e. The third-order valence-corrected chi connectivity index (χ3v) is 4.36. The molecular formula is C18H24N2O5. The van der Waals surface area contributed by atoms with Gasteiger partial charge in [0.1, 0.15) is 0 Å². The van der Waals surface area contributed by atoms with Crippen molar-refractivity contribution in [2.24, 2.45) is 5.92 Å². The molecule has 25 heavy (non-hydrogen) atoms. The molecule has 2 rings (SSSR count). The van der Waals surface area contributed by atoms with Crippen molar-refractivity contribution < 1.29 is 24.2 Å². The van der Waals surface area contributed by atoms with Crippen molar-refractivity contribution in [3.8, 4) is 0 Å².